The van der Waals surface area contributed by atoms with Crippen molar-refractivity contribution in [3.05, 3.63) is 23.8 Å². The zero-order valence-corrected chi connectivity index (χ0v) is 14.6. The minimum Gasteiger partial charge on any atom is -0.395 e. The molecule has 4 N–H and O–H groups in total. The Morgan fingerprint density at radius 3 is 2.32 bits per heavy atom. The van der Waals surface area contributed by atoms with Gasteiger partial charge in [-0.25, -0.2) is 0 Å². The minimum atomic E-state index is -0.747. The van der Waals surface area contributed by atoms with Gasteiger partial charge in [0.25, 0.3) is 0 Å². The molecule has 2 atom stereocenters. The third-order valence-electron chi connectivity index (χ3n) is 3.98. The standard InChI is InChI=1S/C19H37NO2/c1-3-4-5-6-7-8-10-13-17(2)14-11-9-12-15-19(22)18(20)16-21/h12,14-15,18-19,21-22H,3-11,13,16,20H2,1-2H3/b15-12+,17-14+/t18-,19?/m0/s1. The van der Waals surface area contributed by atoms with Gasteiger partial charge in [-0.3, -0.25) is 0 Å². The van der Waals surface area contributed by atoms with E-state index in [4.69, 9.17) is 10.8 Å². The van der Waals surface area contributed by atoms with Crippen LogP contribution in [0.3, 0.4) is 0 Å². The lowest BCUT2D eigenvalue weighted by Gasteiger charge is -2.11. The minimum absolute atomic E-state index is 0.192. The summed E-state index contributed by atoms with van der Waals surface area (Å²) < 4.78 is 0. The van der Waals surface area contributed by atoms with Crippen LogP contribution in [-0.4, -0.2) is 29.0 Å². The SMILES string of the molecule is CCCCCCCCC/C(C)=C/CC/C=C/C(O)[C@@H](N)CO. The molecule has 0 fully saturated rings. The highest BCUT2D eigenvalue weighted by atomic mass is 16.3. The van der Waals surface area contributed by atoms with Gasteiger partial charge in [-0.15, -0.1) is 0 Å². The van der Waals surface area contributed by atoms with Crippen LogP contribution in [0.15, 0.2) is 23.8 Å². The summed E-state index contributed by atoms with van der Waals surface area (Å²) in [6.07, 6.45) is 17.8. The molecule has 0 saturated heterocycles. The number of hydrogen-bond donors (Lipinski definition) is 3. The van der Waals surface area contributed by atoms with Crippen molar-refractivity contribution in [1.29, 1.82) is 0 Å². The van der Waals surface area contributed by atoms with Crippen LogP contribution in [0.4, 0.5) is 0 Å². The van der Waals surface area contributed by atoms with Gasteiger partial charge < -0.3 is 15.9 Å². The molecule has 0 aromatic rings. The summed E-state index contributed by atoms with van der Waals surface area (Å²) in [5, 5.41) is 18.4. The summed E-state index contributed by atoms with van der Waals surface area (Å²) in [6.45, 7) is 4.27. The molecule has 22 heavy (non-hydrogen) atoms. The second-order valence-corrected chi connectivity index (χ2v) is 6.26. The Bertz CT molecular complexity index is 300. The van der Waals surface area contributed by atoms with Crippen LogP contribution >= 0.6 is 0 Å². The number of allylic oxidation sites excluding steroid dienone is 3. The average molecular weight is 312 g/mol. The lowest BCUT2D eigenvalue weighted by atomic mass is 10.0. The second-order valence-electron chi connectivity index (χ2n) is 6.26. The Hall–Kier alpha value is -0.640. The van der Waals surface area contributed by atoms with E-state index >= 15 is 0 Å². The second kappa shape index (κ2) is 15.3. The summed E-state index contributed by atoms with van der Waals surface area (Å²) in [7, 11) is 0. The van der Waals surface area contributed by atoms with Gasteiger partial charge in [0.2, 0.25) is 0 Å². The molecular formula is C19H37NO2. The molecule has 0 bridgehead atoms. The largest absolute Gasteiger partial charge is 0.395 e. The summed E-state index contributed by atoms with van der Waals surface area (Å²) in [5.74, 6) is 0. The molecule has 130 valence electrons. The number of aliphatic hydroxyl groups is 2. The van der Waals surface area contributed by atoms with Crippen LogP contribution in [0.25, 0.3) is 0 Å². The Morgan fingerprint density at radius 1 is 1.05 bits per heavy atom. The number of nitrogens with two attached hydrogens (primary N) is 1. The molecule has 0 aliphatic carbocycles. The van der Waals surface area contributed by atoms with Crippen molar-refractivity contribution < 1.29 is 10.2 Å². The first-order valence-corrected chi connectivity index (χ1v) is 8.98. The van der Waals surface area contributed by atoms with Crippen molar-refractivity contribution in [3.8, 4) is 0 Å². The lowest BCUT2D eigenvalue weighted by Crippen LogP contribution is -2.36. The van der Waals surface area contributed by atoms with Crippen molar-refractivity contribution in [2.24, 2.45) is 5.73 Å². The zero-order valence-electron chi connectivity index (χ0n) is 14.6. The maximum atomic E-state index is 9.56. The molecule has 0 aliphatic heterocycles. The van der Waals surface area contributed by atoms with E-state index in [1.165, 1.54) is 56.9 Å². The van der Waals surface area contributed by atoms with E-state index < -0.39 is 12.1 Å². The highest BCUT2D eigenvalue weighted by molar-refractivity contribution is 5.00. The zero-order chi connectivity index (χ0) is 16.6. The first kappa shape index (κ1) is 21.4. The molecule has 0 aromatic heterocycles. The third kappa shape index (κ3) is 13.1. The smallest absolute Gasteiger partial charge is 0.0894 e. The Labute approximate surface area is 137 Å². The maximum absolute atomic E-state index is 9.56. The summed E-state index contributed by atoms with van der Waals surface area (Å²) in [5.41, 5.74) is 6.99. The Kier molecular flexibility index (Phi) is 14.8. The van der Waals surface area contributed by atoms with Crippen molar-refractivity contribution in [1.82, 2.24) is 0 Å². The fourth-order valence-electron chi connectivity index (χ4n) is 2.38. The third-order valence-corrected chi connectivity index (χ3v) is 3.98. The highest BCUT2D eigenvalue weighted by Gasteiger charge is 2.08. The molecule has 0 rings (SSSR count). The van der Waals surface area contributed by atoms with E-state index in [-0.39, 0.29) is 6.61 Å². The first-order valence-electron chi connectivity index (χ1n) is 8.98. The van der Waals surface area contributed by atoms with Crippen molar-refractivity contribution in [2.45, 2.75) is 90.2 Å². The predicted octanol–water partition coefficient (Wildman–Crippen LogP) is 4.09. The highest BCUT2D eigenvalue weighted by Crippen LogP contribution is 2.13. The Morgan fingerprint density at radius 2 is 1.68 bits per heavy atom. The van der Waals surface area contributed by atoms with Gasteiger partial charge in [-0.1, -0.05) is 69.2 Å². The van der Waals surface area contributed by atoms with Crippen LogP contribution in [0.5, 0.6) is 0 Å². The van der Waals surface area contributed by atoms with Gasteiger partial charge in [0.05, 0.1) is 18.8 Å². The quantitative estimate of drug-likeness (QED) is 0.334. The van der Waals surface area contributed by atoms with Crippen molar-refractivity contribution >= 4 is 0 Å². The van der Waals surface area contributed by atoms with Crippen molar-refractivity contribution in [3.63, 3.8) is 0 Å². The van der Waals surface area contributed by atoms with Gasteiger partial charge in [0.1, 0.15) is 0 Å². The predicted molar refractivity (Wildman–Crippen MR) is 95.8 cm³/mol. The van der Waals surface area contributed by atoms with Crippen molar-refractivity contribution in [2.75, 3.05) is 6.61 Å². The molecule has 0 radical (unpaired) electrons. The normalized spacial score (nSPS) is 15.4. The van der Waals surface area contributed by atoms with E-state index in [2.05, 4.69) is 19.9 Å². The fourth-order valence-corrected chi connectivity index (χ4v) is 2.38. The van der Waals surface area contributed by atoms with Gasteiger partial charge in [0.15, 0.2) is 0 Å². The average Bonchev–Trinajstić information content (AvgIpc) is 2.52. The molecule has 3 heteroatoms. The van der Waals surface area contributed by atoms with E-state index in [1.54, 1.807) is 6.08 Å². The van der Waals surface area contributed by atoms with Crippen LogP contribution < -0.4 is 5.73 Å². The molecular weight excluding hydrogens is 274 g/mol. The number of hydrogen-bond acceptors (Lipinski definition) is 3. The molecule has 0 saturated carbocycles. The topological polar surface area (TPSA) is 66.5 Å². The van der Waals surface area contributed by atoms with Gasteiger partial charge >= 0.3 is 0 Å². The molecule has 0 heterocycles. The molecule has 1 unspecified atom stereocenters. The van der Waals surface area contributed by atoms with E-state index in [0.29, 0.717) is 0 Å². The molecule has 3 nitrogen and oxygen atoms in total. The van der Waals surface area contributed by atoms with Crippen LogP contribution in [0.1, 0.15) is 78.1 Å². The fraction of sp³-hybridized carbons (Fsp3) is 0.789. The van der Waals surface area contributed by atoms with E-state index in [9.17, 15) is 5.11 Å². The van der Waals surface area contributed by atoms with Crippen LogP contribution in [-0.2, 0) is 0 Å². The number of rotatable bonds is 14. The molecule has 0 aromatic carbocycles. The van der Waals surface area contributed by atoms with E-state index in [0.717, 1.165) is 12.8 Å². The van der Waals surface area contributed by atoms with Crippen LogP contribution in [0, 0.1) is 0 Å². The molecule has 0 aliphatic rings. The van der Waals surface area contributed by atoms with Gasteiger partial charge in [-0.2, -0.15) is 0 Å². The monoisotopic (exact) mass is 311 g/mol. The lowest BCUT2D eigenvalue weighted by molar-refractivity contribution is 0.144. The first-order chi connectivity index (χ1) is 10.6. The van der Waals surface area contributed by atoms with Crippen LogP contribution in [0.2, 0.25) is 0 Å². The number of aliphatic hydroxyl groups excluding tert-OH is 2. The maximum Gasteiger partial charge on any atom is 0.0894 e. The molecule has 0 spiro atoms. The summed E-state index contributed by atoms with van der Waals surface area (Å²) in [4.78, 5) is 0. The van der Waals surface area contributed by atoms with E-state index in [1.807, 2.05) is 6.08 Å². The number of unbranched alkanes of at least 4 members (excludes halogenated alkanes) is 7. The van der Waals surface area contributed by atoms with Gasteiger partial charge in [-0.05, 0) is 32.6 Å². The Balaban J connectivity index is 3.58. The molecule has 0 amide bonds. The summed E-state index contributed by atoms with van der Waals surface area (Å²) in [6, 6.07) is -0.578. The van der Waals surface area contributed by atoms with Gasteiger partial charge in [0, 0.05) is 0 Å². The summed E-state index contributed by atoms with van der Waals surface area (Å²) >= 11 is 0.